The third-order valence-corrected chi connectivity index (χ3v) is 4.65. The van der Waals surface area contributed by atoms with Gasteiger partial charge in [0.25, 0.3) is 0 Å². The van der Waals surface area contributed by atoms with Gasteiger partial charge in [0.1, 0.15) is 0 Å². The topological polar surface area (TPSA) is 0 Å². The average molecular weight is 232 g/mol. The van der Waals surface area contributed by atoms with Crippen molar-refractivity contribution in [2.75, 3.05) is 0 Å². The van der Waals surface area contributed by atoms with Crippen molar-refractivity contribution in [1.82, 2.24) is 0 Å². The highest BCUT2D eigenvalue weighted by molar-refractivity contribution is 5.63. The lowest BCUT2D eigenvalue weighted by atomic mass is 9.63. The summed E-state index contributed by atoms with van der Waals surface area (Å²) in [7, 11) is 0. The molecule has 0 saturated carbocycles. The summed E-state index contributed by atoms with van der Waals surface area (Å²) in [5, 5.41) is 0. The second-order valence-corrected chi connectivity index (χ2v) is 5.56. The maximum atomic E-state index is 2.37. The first-order chi connectivity index (χ1) is 8.75. The minimum atomic E-state index is 0.550. The standard InChI is InChI=1S/C18H16/c1-11-10-15-7-6-13-4-3-5-14-8-9-16(12(11)2)18(15)17(13)14/h3-10,17-18H,1-2H3. The highest BCUT2D eigenvalue weighted by Gasteiger charge is 2.38. The normalized spacial score (nSPS) is 31.4. The predicted molar refractivity (Wildman–Crippen MR) is 76.0 cm³/mol. The first kappa shape index (κ1) is 10.1. The largest absolute Gasteiger partial charge is 0.0617 e. The summed E-state index contributed by atoms with van der Waals surface area (Å²) in [6.07, 6.45) is 18.3. The van der Waals surface area contributed by atoms with E-state index in [0.29, 0.717) is 11.8 Å². The average Bonchev–Trinajstić information content (AvgIpc) is 2.40. The van der Waals surface area contributed by atoms with E-state index in [4.69, 9.17) is 0 Å². The molecule has 0 heteroatoms. The molecule has 2 atom stereocenters. The molecule has 0 spiro atoms. The lowest BCUT2D eigenvalue weighted by Crippen LogP contribution is -2.29. The van der Waals surface area contributed by atoms with Crippen LogP contribution in [0, 0.1) is 11.8 Å². The van der Waals surface area contributed by atoms with Crippen LogP contribution in [-0.4, -0.2) is 0 Å². The Morgan fingerprint density at radius 2 is 1.56 bits per heavy atom. The lowest BCUT2D eigenvalue weighted by molar-refractivity contribution is 0.558. The Kier molecular flexibility index (Phi) is 1.89. The van der Waals surface area contributed by atoms with Crippen LogP contribution in [0.4, 0.5) is 0 Å². The minimum absolute atomic E-state index is 0.550. The molecule has 0 aromatic heterocycles. The Morgan fingerprint density at radius 3 is 2.44 bits per heavy atom. The van der Waals surface area contributed by atoms with Gasteiger partial charge in [-0.25, -0.2) is 0 Å². The summed E-state index contributed by atoms with van der Waals surface area (Å²) < 4.78 is 0. The molecule has 4 aliphatic rings. The number of allylic oxidation sites excluding steroid dienone is 14. The van der Waals surface area contributed by atoms with Crippen LogP contribution in [-0.2, 0) is 0 Å². The molecule has 0 amide bonds. The highest BCUT2D eigenvalue weighted by atomic mass is 14.4. The summed E-state index contributed by atoms with van der Waals surface area (Å²) in [5.41, 5.74) is 8.79. The Labute approximate surface area is 108 Å². The maximum Gasteiger partial charge on any atom is 0.0202 e. The SMILES string of the molecule is CC1=CC2=CC=C3C=CC=C4C=CC(=C1C)C2C43. The summed E-state index contributed by atoms with van der Waals surface area (Å²) in [5.74, 6) is 1.10. The molecule has 0 N–H and O–H groups in total. The molecule has 2 unspecified atom stereocenters. The Morgan fingerprint density at radius 1 is 0.778 bits per heavy atom. The van der Waals surface area contributed by atoms with E-state index in [1.54, 1.807) is 0 Å². The summed E-state index contributed by atoms with van der Waals surface area (Å²) in [6, 6.07) is 0. The molecule has 0 aromatic carbocycles. The zero-order valence-corrected chi connectivity index (χ0v) is 10.8. The van der Waals surface area contributed by atoms with Crippen LogP contribution in [0.25, 0.3) is 0 Å². The van der Waals surface area contributed by atoms with E-state index in [-0.39, 0.29) is 0 Å². The zero-order valence-electron chi connectivity index (χ0n) is 10.8. The van der Waals surface area contributed by atoms with Gasteiger partial charge in [0.05, 0.1) is 0 Å². The van der Waals surface area contributed by atoms with Crippen molar-refractivity contribution in [2.45, 2.75) is 13.8 Å². The summed E-state index contributed by atoms with van der Waals surface area (Å²) in [6.45, 7) is 4.48. The fourth-order valence-electron chi connectivity index (χ4n) is 3.59. The first-order valence-corrected chi connectivity index (χ1v) is 6.63. The molecule has 0 heterocycles. The molecule has 0 fully saturated rings. The number of hydrogen-bond acceptors (Lipinski definition) is 0. The monoisotopic (exact) mass is 232 g/mol. The Balaban J connectivity index is 2.03. The van der Waals surface area contributed by atoms with Crippen LogP contribution in [0.5, 0.6) is 0 Å². The molecular weight excluding hydrogens is 216 g/mol. The van der Waals surface area contributed by atoms with Gasteiger partial charge in [-0.2, -0.15) is 0 Å². The fourth-order valence-corrected chi connectivity index (χ4v) is 3.59. The second kappa shape index (κ2) is 3.35. The van der Waals surface area contributed by atoms with Gasteiger partial charge in [-0.3, -0.25) is 0 Å². The van der Waals surface area contributed by atoms with Crippen molar-refractivity contribution in [3.8, 4) is 0 Å². The van der Waals surface area contributed by atoms with Gasteiger partial charge in [-0.05, 0) is 47.3 Å². The van der Waals surface area contributed by atoms with Crippen molar-refractivity contribution in [3.63, 3.8) is 0 Å². The van der Waals surface area contributed by atoms with Crippen LogP contribution < -0.4 is 0 Å². The van der Waals surface area contributed by atoms with Gasteiger partial charge in [0.2, 0.25) is 0 Å². The molecule has 4 rings (SSSR count). The van der Waals surface area contributed by atoms with Crippen LogP contribution in [0.1, 0.15) is 13.8 Å². The van der Waals surface area contributed by atoms with Gasteiger partial charge in [-0.15, -0.1) is 0 Å². The quantitative estimate of drug-likeness (QED) is 0.579. The Bertz CT molecular complexity index is 654. The van der Waals surface area contributed by atoms with E-state index in [9.17, 15) is 0 Å². The van der Waals surface area contributed by atoms with Crippen molar-refractivity contribution < 1.29 is 0 Å². The van der Waals surface area contributed by atoms with E-state index in [0.717, 1.165) is 0 Å². The van der Waals surface area contributed by atoms with Crippen molar-refractivity contribution in [2.24, 2.45) is 11.8 Å². The molecule has 0 saturated heterocycles. The molecule has 18 heavy (non-hydrogen) atoms. The van der Waals surface area contributed by atoms with Gasteiger partial charge in [-0.1, -0.05) is 48.6 Å². The lowest BCUT2D eigenvalue weighted by Gasteiger charge is -2.41. The van der Waals surface area contributed by atoms with Gasteiger partial charge >= 0.3 is 0 Å². The third-order valence-electron chi connectivity index (χ3n) is 4.65. The van der Waals surface area contributed by atoms with Crippen molar-refractivity contribution >= 4 is 0 Å². The molecule has 0 aliphatic heterocycles. The van der Waals surface area contributed by atoms with E-state index < -0.39 is 0 Å². The van der Waals surface area contributed by atoms with Crippen LogP contribution in [0.2, 0.25) is 0 Å². The highest BCUT2D eigenvalue weighted by Crippen LogP contribution is 2.50. The molecular formula is C18H16. The van der Waals surface area contributed by atoms with Crippen LogP contribution >= 0.6 is 0 Å². The minimum Gasteiger partial charge on any atom is -0.0617 e. The first-order valence-electron chi connectivity index (χ1n) is 6.63. The third kappa shape index (κ3) is 1.16. The van der Waals surface area contributed by atoms with Gasteiger partial charge in [0.15, 0.2) is 0 Å². The van der Waals surface area contributed by atoms with E-state index in [2.05, 4.69) is 62.5 Å². The van der Waals surface area contributed by atoms with Crippen LogP contribution in [0.3, 0.4) is 0 Å². The molecule has 0 nitrogen and oxygen atoms in total. The van der Waals surface area contributed by atoms with E-state index >= 15 is 0 Å². The zero-order chi connectivity index (χ0) is 12.3. The predicted octanol–water partition coefficient (Wildman–Crippen LogP) is 4.43. The van der Waals surface area contributed by atoms with Crippen LogP contribution in [0.15, 0.2) is 82.0 Å². The molecule has 0 radical (unpaired) electrons. The van der Waals surface area contributed by atoms with E-state index in [1.165, 1.54) is 33.4 Å². The number of hydrogen-bond donors (Lipinski definition) is 0. The second-order valence-electron chi connectivity index (χ2n) is 5.56. The van der Waals surface area contributed by atoms with Gasteiger partial charge < -0.3 is 0 Å². The molecule has 0 bridgehead atoms. The van der Waals surface area contributed by atoms with E-state index in [1.807, 2.05) is 0 Å². The smallest absolute Gasteiger partial charge is 0.0202 e. The molecule has 0 aromatic rings. The molecule has 88 valence electrons. The number of rotatable bonds is 0. The van der Waals surface area contributed by atoms with Crippen molar-refractivity contribution in [3.05, 3.63) is 82.0 Å². The van der Waals surface area contributed by atoms with Crippen molar-refractivity contribution in [1.29, 1.82) is 0 Å². The molecule has 4 aliphatic carbocycles. The van der Waals surface area contributed by atoms with Gasteiger partial charge in [0, 0.05) is 11.8 Å². The summed E-state index contributed by atoms with van der Waals surface area (Å²) in [4.78, 5) is 0. The fraction of sp³-hybridized carbons (Fsp3) is 0.222. The summed E-state index contributed by atoms with van der Waals surface area (Å²) >= 11 is 0. The maximum absolute atomic E-state index is 2.37. The Hall–Kier alpha value is -1.82.